The van der Waals surface area contributed by atoms with E-state index < -0.39 is 46.1 Å². The van der Waals surface area contributed by atoms with E-state index >= 15 is 0 Å². The SMILES string of the molecule is COC[C@H]1OC(=O)/C(=C/N(CCO)C(C)(C)C)C2=C(O)C(=O)C3=C([C]C[C@@]4(C)C3CC[C@@H]4O)[C@]21C. The van der Waals surface area contributed by atoms with E-state index in [0.717, 1.165) is 0 Å². The predicted molar refractivity (Wildman–Crippen MR) is 128 cm³/mol. The van der Waals surface area contributed by atoms with Gasteiger partial charge < -0.3 is 29.7 Å². The van der Waals surface area contributed by atoms with Crippen LogP contribution >= 0.6 is 0 Å². The zero-order valence-corrected chi connectivity index (χ0v) is 21.5. The van der Waals surface area contributed by atoms with Crippen LogP contribution in [0.1, 0.15) is 53.9 Å². The Morgan fingerprint density at radius 1 is 1.26 bits per heavy atom. The van der Waals surface area contributed by atoms with E-state index in [4.69, 9.17) is 9.47 Å². The first-order chi connectivity index (χ1) is 16.3. The Balaban J connectivity index is 1.94. The minimum absolute atomic E-state index is 0.0726. The third kappa shape index (κ3) is 3.76. The number of aliphatic hydroxyl groups excluding tert-OH is 3. The number of hydrogen-bond donors (Lipinski definition) is 3. The molecule has 0 spiro atoms. The monoisotopic (exact) mass is 487 g/mol. The Labute approximate surface area is 207 Å². The molecule has 0 aromatic rings. The molecule has 3 aliphatic carbocycles. The van der Waals surface area contributed by atoms with Crippen molar-refractivity contribution in [1.29, 1.82) is 0 Å². The van der Waals surface area contributed by atoms with Gasteiger partial charge >= 0.3 is 5.97 Å². The summed E-state index contributed by atoms with van der Waals surface area (Å²) < 4.78 is 11.3. The molecule has 0 aromatic carbocycles. The summed E-state index contributed by atoms with van der Waals surface area (Å²) >= 11 is 0. The third-order valence-corrected chi connectivity index (χ3v) is 8.47. The molecule has 1 heterocycles. The number of carbonyl (C=O) groups is 2. The van der Waals surface area contributed by atoms with E-state index in [2.05, 4.69) is 6.42 Å². The molecule has 35 heavy (non-hydrogen) atoms. The van der Waals surface area contributed by atoms with Gasteiger partial charge in [0.25, 0.3) is 0 Å². The maximum atomic E-state index is 13.7. The molecule has 0 aromatic heterocycles. The van der Waals surface area contributed by atoms with Crippen LogP contribution in [0.2, 0.25) is 0 Å². The lowest BCUT2D eigenvalue weighted by atomic mass is 9.54. The zero-order chi connectivity index (χ0) is 25.9. The molecule has 3 N–H and O–H groups in total. The van der Waals surface area contributed by atoms with E-state index in [1.165, 1.54) is 7.11 Å². The van der Waals surface area contributed by atoms with Crippen molar-refractivity contribution in [2.75, 3.05) is 26.9 Å². The van der Waals surface area contributed by atoms with E-state index in [1.807, 2.05) is 34.6 Å². The summed E-state index contributed by atoms with van der Waals surface area (Å²) in [7, 11) is 1.51. The largest absolute Gasteiger partial charge is 0.504 e. The van der Waals surface area contributed by atoms with Crippen LogP contribution in [0.25, 0.3) is 0 Å². The number of ketones is 1. The van der Waals surface area contributed by atoms with Gasteiger partial charge in [0.15, 0.2) is 5.76 Å². The van der Waals surface area contributed by atoms with Gasteiger partial charge in [-0.2, -0.15) is 0 Å². The average molecular weight is 488 g/mol. The highest BCUT2D eigenvalue weighted by Crippen LogP contribution is 2.62. The second-order valence-corrected chi connectivity index (χ2v) is 11.5. The van der Waals surface area contributed by atoms with Crippen molar-refractivity contribution >= 4 is 11.8 Å². The molecule has 192 valence electrons. The zero-order valence-electron chi connectivity index (χ0n) is 21.5. The van der Waals surface area contributed by atoms with E-state index in [0.29, 0.717) is 30.4 Å². The fraction of sp³-hybridized carbons (Fsp3) is 0.667. The van der Waals surface area contributed by atoms with Crippen molar-refractivity contribution in [3.63, 3.8) is 0 Å². The van der Waals surface area contributed by atoms with E-state index in [-0.39, 0.29) is 36.8 Å². The molecule has 8 nitrogen and oxygen atoms in total. The quantitative estimate of drug-likeness (QED) is 0.400. The molecule has 0 bridgehead atoms. The molecule has 1 saturated heterocycles. The Kier molecular flexibility index (Phi) is 6.48. The Bertz CT molecular complexity index is 1020. The highest BCUT2D eigenvalue weighted by molar-refractivity contribution is 6.13. The van der Waals surface area contributed by atoms with Crippen LogP contribution in [-0.2, 0) is 19.1 Å². The van der Waals surface area contributed by atoms with Gasteiger partial charge in [0.05, 0.1) is 30.3 Å². The Morgan fingerprint density at radius 3 is 2.54 bits per heavy atom. The summed E-state index contributed by atoms with van der Waals surface area (Å²) in [5.74, 6) is -1.88. The Hall–Kier alpha value is -2.16. The molecule has 2 fully saturated rings. The molecule has 8 heteroatoms. The number of carbonyl (C=O) groups excluding carboxylic acids is 2. The Morgan fingerprint density at radius 2 is 1.94 bits per heavy atom. The molecule has 5 atom stereocenters. The standard InChI is InChI=1S/C27H37NO7/c1-25(2,3)28(11-12-29)13-15-21-23(32)22(31)20-16-7-8-18(30)26(16,4)10-9-17(20)27(21,5)19(14-34-6)35-24(15)33/h13,16,18-19,29-30,32H,7-8,10-12,14H2,1-6H3/b15-13+/t16?,18-,19+,26-,27-/m0/s1. The molecule has 1 saturated carbocycles. The number of esters is 1. The summed E-state index contributed by atoms with van der Waals surface area (Å²) in [6.07, 6.45) is 5.32. The molecule has 1 aliphatic heterocycles. The molecule has 2 radical (unpaired) electrons. The summed E-state index contributed by atoms with van der Waals surface area (Å²) in [6.45, 7) is 9.84. The first-order valence-corrected chi connectivity index (χ1v) is 12.3. The van der Waals surface area contributed by atoms with Gasteiger partial charge in [-0.1, -0.05) is 6.92 Å². The lowest BCUT2D eigenvalue weighted by molar-refractivity contribution is -0.156. The molecule has 0 amide bonds. The molecule has 4 aliphatic rings. The van der Waals surface area contributed by atoms with Gasteiger partial charge in [0.1, 0.15) is 6.10 Å². The minimum Gasteiger partial charge on any atom is -0.504 e. The van der Waals surface area contributed by atoms with Crippen LogP contribution in [0.4, 0.5) is 0 Å². The highest BCUT2D eigenvalue weighted by atomic mass is 16.6. The number of β-amino-alcohol motifs (C(OH)–C–C–N with tert-alkyl or cyclic N) is 1. The molecular formula is C27H37NO7. The summed E-state index contributed by atoms with van der Waals surface area (Å²) in [5.41, 5.74) is -0.672. The van der Waals surface area contributed by atoms with Gasteiger partial charge in [-0.05, 0) is 58.4 Å². The van der Waals surface area contributed by atoms with Gasteiger partial charge in [0.2, 0.25) is 5.78 Å². The van der Waals surface area contributed by atoms with Crippen molar-refractivity contribution in [3.05, 3.63) is 40.7 Å². The number of ether oxygens (including phenoxy) is 2. The van der Waals surface area contributed by atoms with Crippen molar-refractivity contribution in [3.8, 4) is 0 Å². The summed E-state index contributed by atoms with van der Waals surface area (Å²) in [6, 6.07) is 0. The number of fused-ring (bicyclic) bond motifs is 4. The van der Waals surface area contributed by atoms with Crippen LogP contribution in [-0.4, -0.2) is 76.6 Å². The van der Waals surface area contributed by atoms with E-state index in [9.17, 15) is 24.9 Å². The lowest BCUT2D eigenvalue weighted by Gasteiger charge is -2.52. The average Bonchev–Trinajstić information content (AvgIpc) is 3.08. The van der Waals surface area contributed by atoms with Gasteiger partial charge in [-0.15, -0.1) is 0 Å². The van der Waals surface area contributed by atoms with E-state index in [1.54, 1.807) is 11.1 Å². The molecule has 4 rings (SSSR count). The van der Waals surface area contributed by atoms with Gasteiger partial charge in [-0.3, -0.25) is 4.79 Å². The maximum absolute atomic E-state index is 13.7. The number of aliphatic hydroxyl groups is 3. The minimum atomic E-state index is -1.07. The van der Waals surface area contributed by atoms with Crippen molar-refractivity contribution in [1.82, 2.24) is 4.90 Å². The van der Waals surface area contributed by atoms with Crippen LogP contribution < -0.4 is 0 Å². The second-order valence-electron chi connectivity index (χ2n) is 11.5. The van der Waals surface area contributed by atoms with Crippen LogP contribution in [0.5, 0.6) is 0 Å². The number of rotatable bonds is 5. The first-order valence-electron chi connectivity index (χ1n) is 12.3. The molecule has 1 unspecified atom stereocenters. The van der Waals surface area contributed by atoms with Crippen LogP contribution in [0.3, 0.4) is 0 Å². The van der Waals surface area contributed by atoms with Gasteiger partial charge in [-0.25, -0.2) is 4.79 Å². The summed E-state index contributed by atoms with van der Waals surface area (Å²) in [4.78, 5) is 28.8. The van der Waals surface area contributed by atoms with Crippen molar-refractivity contribution in [2.45, 2.75) is 71.6 Å². The number of hydrogen-bond acceptors (Lipinski definition) is 8. The third-order valence-electron chi connectivity index (χ3n) is 8.47. The fourth-order valence-electron chi connectivity index (χ4n) is 6.30. The molecular weight excluding hydrogens is 450 g/mol. The fourth-order valence-corrected chi connectivity index (χ4v) is 6.30. The number of methoxy groups -OCH3 is 1. The second kappa shape index (κ2) is 8.75. The normalized spacial score (nSPS) is 36.2. The smallest absolute Gasteiger partial charge is 0.340 e. The van der Waals surface area contributed by atoms with Crippen molar-refractivity contribution in [2.24, 2.45) is 16.7 Å². The lowest BCUT2D eigenvalue weighted by Crippen LogP contribution is -2.54. The van der Waals surface area contributed by atoms with Crippen LogP contribution in [0.15, 0.2) is 34.3 Å². The first kappa shape index (κ1) is 25.9. The van der Waals surface area contributed by atoms with Crippen molar-refractivity contribution < 1.29 is 34.4 Å². The maximum Gasteiger partial charge on any atom is 0.340 e. The van der Waals surface area contributed by atoms with Crippen LogP contribution in [0, 0.1) is 23.2 Å². The summed E-state index contributed by atoms with van der Waals surface area (Å²) in [5, 5.41) is 31.7. The van der Waals surface area contributed by atoms with Gasteiger partial charge in [0, 0.05) is 48.4 Å². The number of allylic oxidation sites excluding steroid dienone is 1. The number of Topliss-reactive ketones (excluding diaryl/α,β-unsaturated/α-hetero) is 1. The number of nitrogens with zero attached hydrogens (tertiary/aromatic N) is 1. The predicted octanol–water partition coefficient (Wildman–Crippen LogP) is 2.49. The highest BCUT2D eigenvalue weighted by Gasteiger charge is 2.61. The number of cyclic esters (lactones) is 1. The topological polar surface area (TPSA) is 117 Å².